The molecule has 0 aromatic carbocycles. The van der Waals surface area contributed by atoms with E-state index in [-0.39, 0.29) is 0 Å². The van der Waals surface area contributed by atoms with Crippen molar-refractivity contribution in [2.24, 2.45) is 0 Å². The van der Waals surface area contributed by atoms with E-state index in [1.807, 2.05) is 0 Å². The topological polar surface area (TPSA) is 6.48 Å². The van der Waals surface area contributed by atoms with Crippen LogP contribution in [0.5, 0.6) is 0 Å². The average molecular weight is 208 g/mol. The van der Waals surface area contributed by atoms with Crippen molar-refractivity contribution in [3.63, 3.8) is 0 Å². The van der Waals surface area contributed by atoms with Gasteiger partial charge in [0, 0.05) is 25.7 Å². The fraction of sp³-hybridized carbons (Fsp3) is 0.846. The Labute approximate surface area is 93.9 Å². The smallest absolute Gasteiger partial charge is 0.0226 e. The predicted molar refractivity (Wildman–Crippen MR) is 65.1 cm³/mol. The van der Waals surface area contributed by atoms with Gasteiger partial charge in [0.1, 0.15) is 0 Å². The largest absolute Gasteiger partial charge is 0.305 e. The van der Waals surface area contributed by atoms with Gasteiger partial charge in [-0.3, -0.25) is 4.90 Å². The van der Waals surface area contributed by atoms with E-state index in [0.29, 0.717) is 0 Å². The van der Waals surface area contributed by atoms with E-state index in [9.17, 15) is 0 Å². The SMILES string of the molecule is CC1=CCN(C2CCCCN(C)C2)CC1. The van der Waals surface area contributed by atoms with Gasteiger partial charge in [0.15, 0.2) is 0 Å². The van der Waals surface area contributed by atoms with Gasteiger partial charge >= 0.3 is 0 Å². The lowest BCUT2D eigenvalue weighted by molar-refractivity contribution is 0.167. The van der Waals surface area contributed by atoms with Crippen molar-refractivity contribution in [1.82, 2.24) is 9.80 Å². The third-order valence-corrected chi connectivity index (χ3v) is 3.83. The van der Waals surface area contributed by atoms with Gasteiger partial charge < -0.3 is 4.90 Å². The molecule has 2 aliphatic rings. The van der Waals surface area contributed by atoms with Crippen LogP contribution in [-0.4, -0.2) is 49.1 Å². The van der Waals surface area contributed by atoms with Crippen molar-refractivity contribution in [3.8, 4) is 0 Å². The maximum atomic E-state index is 2.68. The predicted octanol–water partition coefficient (Wildman–Crippen LogP) is 2.12. The second-order valence-electron chi connectivity index (χ2n) is 5.21. The van der Waals surface area contributed by atoms with Crippen molar-refractivity contribution in [1.29, 1.82) is 0 Å². The molecule has 0 aromatic heterocycles. The van der Waals surface area contributed by atoms with Gasteiger partial charge in [-0.2, -0.15) is 0 Å². The summed E-state index contributed by atoms with van der Waals surface area (Å²) in [5.74, 6) is 0. The van der Waals surface area contributed by atoms with Gasteiger partial charge in [-0.1, -0.05) is 18.1 Å². The fourth-order valence-corrected chi connectivity index (χ4v) is 2.72. The van der Waals surface area contributed by atoms with E-state index in [1.165, 1.54) is 51.9 Å². The molecule has 15 heavy (non-hydrogen) atoms. The molecule has 2 nitrogen and oxygen atoms in total. The highest BCUT2D eigenvalue weighted by Gasteiger charge is 2.22. The highest BCUT2D eigenvalue weighted by atomic mass is 15.2. The molecule has 86 valence electrons. The summed E-state index contributed by atoms with van der Waals surface area (Å²) in [7, 11) is 2.27. The van der Waals surface area contributed by atoms with E-state index in [0.717, 1.165) is 6.04 Å². The molecule has 0 N–H and O–H groups in total. The highest BCUT2D eigenvalue weighted by molar-refractivity contribution is 5.04. The molecule has 1 atom stereocenters. The van der Waals surface area contributed by atoms with E-state index >= 15 is 0 Å². The van der Waals surface area contributed by atoms with E-state index in [4.69, 9.17) is 0 Å². The number of rotatable bonds is 1. The summed E-state index contributed by atoms with van der Waals surface area (Å²) in [5.41, 5.74) is 1.58. The van der Waals surface area contributed by atoms with Crippen LogP contribution in [0.2, 0.25) is 0 Å². The van der Waals surface area contributed by atoms with Crippen LogP contribution in [-0.2, 0) is 0 Å². The molecule has 0 radical (unpaired) electrons. The van der Waals surface area contributed by atoms with Crippen LogP contribution in [0, 0.1) is 0 Å². The molecular weight excluding hydrogens is 184 g/mol. The third-order valence-electron chi connectivity index (χ3n) is 3.83. The van der Waals surface area contributed by atoms with Gasteiger partial charge in [-0.25, -0.2) is 0 Å². The Hall–Kier alpha value is -0.340. The Kier molecular flexibility index (Phi) is 3.81. The summed E-state index contributed by atoms with van der Waals surface area (Å²) in [6, 6.07) is 0.807. The van der Waals surface area contributed by atoms with Crippen LogP contribution in [0.25, 0.3) is 0 Å². The zero-order valence-electron chi connectivity index (χ0n) is 10.2. The minimum absolute atomic E-state index is 0.807. The van der Waals surface area contributed by atoms with Crippen LogP contribution in [0.4, 0.5) is 0 Å². The van der Waals surface area contributed by atoms with Crippen molar-refractivity contribution >= 4 is 0 Å². The maximum Gasteiger partial charge on any atom is 0.0226 e. The summed E-state index contributed by atoms with van der Waals surface area (Å²) < 4.78 is 0. The molecule has 0 aromatic rings. The summed E-state index contributed by atoms with van der Waals surface area (Å²) in [6.07, 6.45) is 7.88. The quantitative estimate of drug-likeness (QED) is 0.609. The monoisotopic (exact) mass is 208 g/mol. The molecule has 2 heteroatoms. The zero-order valence-corrected chi connectivity index (χ0v) is 10.2. The van der Waals surface area contributed by atoms with Crippen LogP contribution < -0.4 is 0 Å². The molecule has 2 aliphatic heterocycles. The number of likely N-dealkylation sites (N-methyl/N-ethyl adjacent to an activating group) is 1. The molecule has 0 bridgehead atoms. The zero-order chi connectivity index (χ0) is 10.7. The lowest BCUT2D eigenvalue weighted by atomic mass is 10.0. The first kappa shape index (κ1) is 11.2. The summed E-state index contributed by atoms with van der Waals surface area (Å²) in [4.78, 5) is 5.18. The molecular formula is C13H24N2. The van der Waals surface area contributed by atoms with Gasteiger partial charge in [0.2, 0.25) is 0 Å². The number of hydrogen-bond donors (Lipinski definition) is 0. The molecule has 1 unspecified atom stereocenters. The Morgan fingerprint density at radius 3 is 2.87 bits per heavy atom. The van der Waals surface area contributed by atoms with Crippen LogP contribution in [0.3, 0.4) is 0 Å². The first-order valence-corrected chi connectivity index (χ1v) is 6.34. The number of nitrogens with zero attached hydrogens (tertiary/aromatic N) is 2. The molecule has 2 rings (SSSR count). The number of hydrogen-bond acceptors (Lipinski definition) is 2. The Balaban J connectivity index is 1.91. The van der Waals surface area contributed by atoms with Gasteiger partial charge in [-0.05, 0) is 39.8 Å². The van der Waals surface area contributed by atoms with Gasteiger partial charge in [0.05, 0.1) is 0 Å². The van der Waals surface area contributed by atoms with Crippen molar-refractivity contribution in [2.75, 3.05) is 33.2 Å². The first-order chi connectivity index (χ1) is 7.25. The Bertz CT molecular complexity index is 235. The molecule has 0 amide bonds. The summed E-state index contributed by atoms with van der Waals surface area (Å²) in [6.45, 7) is 7.29. The second-order valence-corrected chi connectivity index (χ2v) is 5.21. The van der Waals surface area contributed by atoms with E-state index in [1.54, 1.807) is 5.57 Å². The van der Waals surface area contributed by atoms with Crippen LogP contribution in [0.1, 0.15) is 32.6 Å². The average Bonchev–Trinajstić information content (AvgIpc) is 2.44. The third kappa shape index (κ3) is 3.05. The second kappa shape index (κ2) is 5.13. The molecule has 1 fully saturated rings. The summed E-state index contributed by atoms with van der Waals surface area (Å²) >= 11 is 0. The van der Waals surface area contributed by atoms with Gasteiger partial charge in [-0.15, -0.1) is 0 Å². The van der Waals surface area contributed by atoms with Crippen LogP contribution >= 0.6 is 0 Å². The molecule has 0 aliphatic carbocycles. The minimum Gasteiger partial charge on any atom is -0.305 e. The van der Waals surface area contributed by atoms with Crippen LogP contribution in [0.15, 0.2) is 11.6 Å². The standard InChI is InChI=1S/C13H24N2/c1-12-6-9-15(10-7-12)13-5-3-4-8-14(2)11-13/h6,13H,3-5,7-11H2,1-2H3. The Morgan fingerprint density at radius 1 is 1.27 bits per heavy atom. The van der Waals surface area contributed by atoms with Gasteiger partial charge in [0.25, 0.3) is 0 Å². The molecule has 1 saturated heterocycles. The highest BCUT2D eigenvalue weighted by Crippen LogP contribution is 2.19. The van der Waals surface area contributed by atoms with Crippen molar-refractivity contribution in [3.05, 3.63) is 11.6 Å². The van der Waals surface area contributed by atoms with E-state index < -0.39 is 0 Å². The van der Waals surface area contributed by atoms with Crippen molar-refractivity contribution in [2.45, 2.75) is 38.6 Å². The lowest BCUT2D eigenvalue weighted by Crippen LogP contribution is -2.43. The molecule has 2 heterocycles. The summed E-state index contributed by atoms with van der Waals surface area (Å²) in [5, 5.41) is 0. The van der Waals surface area contributed by atoms with E-state index in [2.05, 4.69) is 29.8 Å². The minimum atomic E-state index is 0.807. The lowest BCUT2D eigenvalue weighted by Gasteiger charge is -2.34. The Morgan fingerprint density at radius 2 is 2.13 bits per heavy atom. The first-order valence-electron chi connectivity index (χ1n) is 6.34. The van der Waals surface area contributed by atoms with Crippen molar-refractivity contribution < 1.29 is 0 Å². The molecule has 0 saturated carbocycles. The number of likely N-dealkylation sites (tertiary alicyclic amines) is 1. The normalized spacial score (nSPS) is 31.1. The molecule has 0 spiro atoms. The maximum absolute atomic E-state index is 2.68. The fourth-order valence-electron chi connectivity index (χ4n) is 2.72.